The van der Waals surface area contributed by atoms with Crippen molar-refractivity contribution in [3.05, 3.63) is 65.4 Å². The van der Waals surface area contributed by atoms with E-state index in [9.17, 15) is 22.8 Å². The number of nitrogens with zero attached hydrogens (tertiary/aromatic N) is 2. The zero-order valence-electron chi connectivity index (χ0n) is 16.2. The Morgan fingerprint density at radius 3 is 2.30 bits per heavy atom. The second-order valence-corrected chi connectivity index (χ2v) is 7.11. The van der Waals surface area contributed by atoms with Crippen LogP contribution in [0.15, 0.2) is 54.2 Å². The maximum Gasteiger partial charge on any atom is 0.416 e. The second kappa shape index (κ2) is 7.51. The number of anilines is 1. The first kappa shape index (κ1) is 20.0. The van der Waals surface area contributed by atoms with E-state index in [1.807, 2.05) is 4.90 Å². The molecule has 156 valence electrons. The summed E-state index contributed by atoms with van der Waals surface area (Å²) in [6.45, 7) is 1.20. The number of halogens is 3. The average molecular weight is 416 g/mol. The Kier molecular flexibility index (Phi) is 5.01. The number of carbonyl (C=O) groups excluding carboxylic acids is 2. The molecule has 5 nitrogen and oxygen atoms in total. The van der Waals surface area contributed by atoms with Gasteiger partial charge in [0.2, 0.25) is 0 Å². The summed E-state index contributed by atoms with van der Waals surface area (Å²) in [5.41, 5.74) is -0.235. The molecule has 0 N–H and O–H groups in total. The molecule has 1 fully saturated rings. The number of amides is 2. The average Bonchev–Trinajstić information content (AvgIpc) is 3.33. The van der Waals surface area contributed by atoms with Crippen LogP contribution in [0.1, 0.15) is 24.0 Å². The predicted octanol–water partition coefficient (Wildman–Crippen LogP) is 4.09. The lowest BCUT2D eigenvalue weighted by Crippen LogP contribution is -2.34. The molecular weight excluding hydrogens is 397 g/mol. The van der Waals surface area contributed by atoms with Crippen molar-refractivity contribution >= 4 is 23.1 Å². The third kappa shape index (κ3) is 3.32. The molecule has 2 aromatic rings. The highest BCUT2D eigenvalue weighted by Crippen LogP contribution is 2.40. The summed E-state index contributed by atoms with van der Waals surface area (Å²) < 4.78 is 44.9. The molecule has 2 amide bonds. The van der Waals surface area contributed by atoms with Crippen molar-refractivity contribution in [1.82, 2.24) is 4.90 Å². The number of alkyl halides is 3. The van der Waals surface area contributed by atoms with Crippen molar-refractivity contribution < 1.29 is 27.5 Å². The van der Waals surface area contributed by atoms with Crippen molar-refractivity contribution in [2.75, 3.05) is 25.1 Å². The van der Waals surface area contributed by atoms with Gasteiger partial charge >= 0.3 is 6.18 Å². The summed E-state index contributed by atoms with van der Waals surface area (Å²) in [5.74, 6) is -0.871. The van der Waals surface area contributed by atoms with Crippen LogP contribution < -0.4 is 9.64 Å². The fourth-order valence-electron chi connectivity index (χ4n) is 3.90. The number of likely N-dealkylation sites (tertiary alicyclic amines) is 1. The highest BCUT2D eigenvalue weighted by atomic mass is 19.4. The molecule has 30 heavy (non-hydrogen) atoms. The van der Waals surface area contributed by atoms with Crippen molar-refractivity contribution in [3.63, 3.8) is 0 Å². The normalized spacial score (nSPS) is 17.3. The Hall–Kier alpha value is -3.29. The van der Waals surface area contributed by atoms with Gasteiger partial charge in [0.25, 0.3) is 11.8 Å². The van der Waals surface area contributed by atoms with Crippen LogP contribution in [0.2, 0.25) is 0 Å². The summed E-state index contributed by atoms with van der Waals surface area (Å²) in [4.78, 5) is 29.4. The number of benzene rings is 2. The van der Waals surface area contributed by atoms with E-state index in [0.717, 1.165) is 29.9 Å². The van der Waals surface area contributed by atoms with Crippen molar-refractivity contribution in [1.29, 1.82) is 0 Å². The second-order valence-electron chi connectivity index (χ2n) is 7.11. The molecule has 1 saturated heterocycles. The van der Waals surface area contributed by atoms with Crippen LogP contribution in [0.25, 0.3) is 5.57 Å². The molecule has 2 aromatic carbocycles. The predicted molar refractivity (Wildman–Crippen MR) is 105 cm³/mol. The minimum absolute atomic E-state index is 0.110. The van der Waals surface area contributed by atoms with Gasteiger partial charge in [0.05, 0.1) is 23.9 Å². The molecule has 0 aliphatic carbocycles. The molecule has 2 heterocycles. The van der Waals surface area contributed by atoms with E-state index in [0.29, 0.717) is 24.4 Å². The van der Waals surface area contributed by atoms with Crippen molar-refractivity contribution in [3.8, 4) is 5.75 Å². The number of rotatable bonds is 4. The van der Waals surface area contributed by atoms with E-state index >= 15 is 0 Å². The first-order chi connectivity index (χ1) is 14.3. The summed E-state index contributed by atoms with van der Waals surface area (Å²) >= 11 is 0. The zero-order valence-corrected chi connectivity index (χ0v) is 16.2. The first-order valence-corrected chi connectivity index (χ1v) is 9.51. The Morgan fingerprint density at radius 2 is 1.63 bits per heavy atom. The van der Waals surface area contributed by atoms with Crippen LogP contribution in [0, 0.1) is 0 Å². The van der Waals surface area contributed by atoms with Crippen LogP contribution in [-0.2, 0) is 15.8 Å². The summed E-state index contributed by atoms with van der Waals surface area (Å²) in [6.07, 6.45) is -2.85. The first-order valence-electron chi connectivity index (χ1n) is 9.51. The molecule has 4 rings (SSSR count). The zero-order chi connectivity index (χ0) is 21.5. The Labute approximate surface area is 171 Å². The topological polar surface area (TPSA) is 49.9 Å². The third-order valence-corrected chi connectivity index (χ3v) is 5.29. The van der Waals surface area contributed by atoms with Gasteiger partial charge in [-0.15, -0.1) is 0 Å². The smallest absolute Gasteiger partial charge is 0.416 e. The van der Waals surface area contributed by atoms with E-state index in [1.54, 1.807) is 24.3 Å². The molecule has 2 aliphatic heterocycles. The number of methoxy groups -OCH3 is 1. The van der Waals surface area contributed by atoms with Gasteiger partial charge in [-0.1, -0.05) is 24.3 Å². The fourth-order valence-corrected chi connectivity index (χ4v) is 3.90. The highest BCUT2D eigenvalue weighted by molar-refractivity contribution is 6.45. The maximum atomic E-state index is 13.4. The molecular formula is C22H19F3N2O3. The van der Waals surface area contributed by atoms with Gasteiger partial charge in [0.15, 0.2) is 0 Å². The van der Waals surface area contributed by atoms with E-state index in [4.69, 9.17) is 4.74 Å². The van der Waals surface area contributed by atoms with Gasteiger partial charge in [-0.2, -0.15) is 13.2 Å². The maximum absolute atomic E-state index is 13.4. The van der Waals surface area contributed by atoms with Gasteiger partial charge in [-0.25, -0.2) is 4.90 Å². The lowest BCUT2D eigenvalue weighted by atomic mass is 10.0. The molecule has 0 bridgehead atoms. The number of carbonyl (C=O) groups is 2. The fraction of sp³-hybridized carbons (Fsp3) is 0.273. The van der Waals surface area contributed by atoms with Gasteiger partial charge in [0, 0.05) is 18.7 Å². The van der Waals surface area contributed by atoms with Gasteiger partial charge in [-0.3, -0.25) is 9.59 Å². The van der Waals surface area contributed by atoms with E-state index < -0.39 is 23.6 Å². The highest BCUT2D eigenvalue weighted by Gasteiger charge is 2.44. The van der Waals surface area contributed by atoms with E-state index in [-0.39, 0.29) is 17.0 Å². The summed E-state index contributed by atoms with van der Waals surface area (Å²) in [6, 6.07) is 11.1. The SMILES string of the molecule is COc1ccccc1C1=C(N2CCCC2)C(=O)N(c2cccc(C(F)(F)F)c2)C1=O. The number of hydrogen-bond acceptors (Lipinski definition) is 4. The van der Waals surface area contributed by atoms with Gasteiger partial charge in [0.1, 0.15) is 11.4 Å². The van der Waals surface area contributed by atoms with Gasteiger partial charge in [-0.05, 0) is 37.1 Å². The Balaban J connectivity index is 1.85. The molecule has 0 radical (unpaired) electrons. The minimum atomic E-state index is -4.58. The van der Waals surface area contributed by atoms with Crippen LogP contribution in [-0.4, -0.2) is 36.9 Å². The van der Waals surface area contributed by atoms with Crippen LogP contribution in [0.4, 0.5) is 18.9 Å². The Morgan fingerprint density at radius 1 is 0.933 bits per heavy atom. The Bertz CT molecular complexity index is 1040. The summed E-state index contributed by atoms with van der Waals surface area (Å²) in [5, 5.41) is 0. The number of hydrogen-bond donors (Lipinski definition) is 0. The third-order valence-electron chi connectivity index (χ3n) is 5.29. The molecule has 0 atom stereocenters. The largest absolute Gasteiger partial charge is 0.496 e. The standard InChI is InChI=1S/C22H19F3N2O3/c1-30-17-10-3-2-9-16(17)18-19(26-11-4-5-12-26)21(29)27(20(18)28)15-8-6-7-14(13-15)22(23,24)25/h2-3,6-10,13H,4-5,11-12H2,1H3. The number of para-hydroxylation sites is 1. The molecule has 0 spiro atoms. The quantitative estimate of drug-likeness (QED) is 0.705. The van der Waals surface area contributed by atoms with Crippen LogP contribution >= 0.6 is 0 Å². The minimum Gasteiger partial charge on any atom is -0.496 e. The van der Waals surface area contributed by atoms with Gasteiger partial charge < -0.3 is 9.64 Å². The van der Waals surface area contributed by atoms with E-state index in [1.165, 1.54) is 19.2 Å². The van der Waals surface area contributed by atoms with Crippen LogP contribution in [0.3, 0.4) is 0 Å². The molecule has 0 aromatic heterocycles. The molecule has 0 unspecified atom stereocenters. The monoisotopic (exact) mass is 416 g/mol. The van der Waals surface area contributed by atoms with E-state index in [2.05, 4.69) is 0 Å². The number of imide groups is 1. The lowest BCUT2D eigenvalue weighted by molar-refractivity contribution is -0.137. The summed E-state index contributed by atoms with van der Waals surface area (Å²) in [7, 11) is 1.46. The van der Waals surface area contributed by atoms with Crippen molar-refractivity contribution in [2.45, 2.75) is 19.0 Å². The molecule has 2 aliphatic rings. The molecule has 8 heteroatoms. The molecule has 0 saturated carbocycles. The lowest BCUT2D eigenvalue weighted by Gasteiger charge is -2.20. The number of ether oxygens (including phenoxy) is 1. The van der Waals surface area contributed by atoms with Crippen molar-refractivity contribution in [2.24, 2.45) is 0 Å². The van der Waals surface area contributed by atoms with Crippen LogP contribution in [0.5, 0.6) is 5.75 Å².